The van der Waals surface area contributed by atoms with Crippen LogP contribution in [-0.4, -0.2) is 13.7 Å². The maximum absolute atomic E-state index is 11.1. The summed E-state index contributed by atoms with van der Waals surface area (Å²) < 4.78 is 6.86. The molecule has 5 nitrogen and oxygen atoms in total. The van der Waals surface area contributed by atoms with E-state index in [4.69, 9.17) is 6.57 Å². The molecule has 3 aromatic heterocycles. The lowest BCUT2D eigenvalue weighted by Gasteiger charge is -2.18. The lowest BCUT2D eigenvalue weighted by Crippen LogP contribution is -2.02. The van der Waals surface area contributed by atoms with Gasteiger partial charge in [-0.25, -0.2) is 4.85 Å². The van der Waals surface area contributed by atoms with Gasteiger partial charge in [-0.05, 0) is 54.6 Å². The smallest absolute Gasteiger partial charge is 0.189 e. The van der Waals surface area contributed by atoms with Crippen LogP contribution in [0.25, 0.3) is 98.5 Å². The fourth-order valence-electron chi connectivity index (χ4n) is 8.81. The van der Waals surface area contributed by atoms with Gasteiger partial charge in [-0.3, -0.25) is 0 Å². The average molecular weight is 700 g/mol. The van der Waals surface area contributed by atoms with Gasteiger partial charge in [-0.2, -0.15) is 5.26 Å². The Morgan fingerprint density at radius 3 is 1.45 bits per heavy atom. The summed E-state index contributed by atoms with van der Waals surface area (Å²) in [6.45, 7) is 7.74. The maximum Gasteiger partial charge on any atom is 0.189 e. The lowest BCUT2D eigenvalue weighted by atomic mass is 9.96. The second-order valence-corrected chi connectivity index (χ2v) is 13.9. The third kappa shape index (κ3) is 4.39. The van der Waals surface area contributed by atoms with Gasteiger partial charge in [0.1, 0.15) is 6.07 Å². The molecule has 8 aromatic carbocycles. The molecular formula is C50H29N5. The van der Waals surface area contributed by atoms with Crippen LogP contribution in [-0.2, 0) is 0 Å². The second-order valence-electron chi connectivity index (χ2n) is 13.9. The van der Waals surface area contributed by atoms with Gasteiger partial charge in [-0.1, -0.05) is 121 Å². The highest BCUT2D eigenvalue weighted by molar-refractivity contribution is 6.13. The highest BCUT2D eigenvalue weighted by Gasteiger charge is 2.22. The van der Waals surface area contributed by atoms with E-state index in [1.54, 1.807) is 0 Å². The SMILES string of the molecule is [C-]#[N+]c1ccc2c3ccccc3n(-c3cccc(-c4ccccc4-n4c5ccccc5c5ccc(-n6c7ccccc7c7ccccc76)cc54)c3C#N)c2c1. The van der Waals surface area contributed by atoms with Crippen LogP contribution in [0.2, 0.25) is 0 Å². The van der Waals surface area contributed by atoms with Gasteiger partial charge in [0.05, 0.1) is 51.1 Å². The van der Waals surface area contributed by atoms with Gasteiger partial charge >= 0.3 is 0 Å². The molecule has 55 heavy (non-hydrogen) atoms. The summed E-state index contributed by atoms with van der Waals surface area (Å²) in [5.41, 5.74) is 12.1. The van der Waals surface area contributed by atoms with E-state index < -0.39 is 0 Å². The summed E-state index contributed by atoms with van der Waals surface area (Å²) in [4.78, 5) is 3.74. The Morgan fingerprint density at radius 1 is 0.400 bits per heavy atom. The molecule has 11 aromatic rings. The highest BCUT2D eigenvalue weighted by atomic mass is 15.0. The van der Waals surface area contributed by atoms with Crippen LogP contribution in [0.15, 0.2) is 176 Å². The molecule has 0 spiro atoms. The van der Waals surface area contributed by atoms with E-state index in [1.165, 1.54) is 10.8 Å². The minimum absolute atomic E-state index is 0.559. The quantitative estimate of drug-likeness (QED) is 0.169. The first-order chi connectivity index (χ1) is 27.2. The van der Waals surface area contributed by atoms with E-state index in [-0.39, 0.29) is 0 Å². The molecule has 0 N–H and O–H groups in total. The minimum Gasteiger partial charge on any atom is -0.309 e. The summed E-state index contributed by atoms with van der Waals surface area (Å²) in [6.07, 6.45) is 0. The molecule has 0 aliphatic heterocycles. The van der Waals surface area contributed by atoms with Crippen molar-refractivity contribution in [3.8, 4) is 34.3 Å². The van der Waals surface area contributed by atoms with Crippen molar-refractivity contribution in [3.05, 3.63) is 193 Å². The Hall–Kier alpha value is -7.86. The van der Waals surface area contributed by atoms with Crippen molar-refractivity contribution in [3.63, 3.8) is 0 Å². The summed E-state index contributed by atoms with van der Waals surface area (Å²) >= 11 is 0. The fourth-order valence-corrected chi connectivity index (χ4v) is 8.81. The monoisotopic (exact) mass is 699 g/mol. The second kappa shape index (κ2) is 11.8. The first kappa shape index (κ1) is 30.7. The van der Waals surface area contributed by atoms with Gasteiger partial charge in [-0.15, -0.1) is 0 Å². The Labute approximate surface area is 316 Å². The molecule has 0 saturated heterocycles. The van der Waals surface area contributed by atoms with Gasteiger partial charge < -0.3 is 13.7 Å². The van der Waals surface area contributed by atoms with Gasteiger partial charge in [0.15, 0.2) is 5.69 Å². The number of fused-ring (bicyclic) bond motifs is 9. The van der Waals surface area contributed by atoms with Crippen molar-refractivity contribution < 1.29 is 0 Å². The first-order valence-electron chi connectivity index (χ1n) is 18.3. The van der Waals surface area contributed by atoms with E-state index in [1.807, 2.05) is 48.5 Å². The summed E-state index contributed by atoms with van der Waals surface area (Å²) in [7, 11) is 0. The highest BCUT2D eigenvalue weighted by Crippen LogP contribution is 2.42. The van der Waals surface area contributed by atoms with Gasteiger partial charge in [0.25, 0.3) is 0 Å². The number of nitrogens with zero attached hydrogens (tertiary/aromatic N) is 5. The average Bonchev–Trinajstić information content (AvgIpc) is 3.88. The van der Waals surface area contributed by atoms with E-state index in [0.717, 1.165) is 82.8 Å². The Kier molecular flexibility index (Phi) is 6.61. The van der Waals surface area contributed by atoms with Crippen molar-refractivity contribution >= 4 is 71.1 Å². The molecule has 3 heterocycles. The summed E-state index contributed by atoms with van der Waals surface area (Å²) in [6, 6.07) is 63.7. The van der Waals surface area contributed by atoms with Crippen LogP contribution >= 0.6 is 0 Å². The number of hydrogen-bond acceptors (Lipinski definition) is 1. The molecule has 0 atom stereocenters. The van der Waals surface area contributed by atoms with Crippen LogP contribution in [0.5, 0.6) is 0 Å². The van der Waals surface area contributed by atoms with E-state index >= 15 is 0 Å². The summed E-state index contributed by atoms with van der Waals surface area (Å²) in [5.74, 6) is 0. The van der Waals surface area contributed by atoms with Gasteiger partial charge in [0, 0.05) is 54.6 Å². The molecule has 254 valence electrons. The van der Waals surface area contributed by atoms with Crippen molar-refractivity contribution in [1.29, 1.82) is 5.26 Å². The molecular weight excluding hydrogens is 671 g/mol. The topological polar surface area (TPSA) is 42.9 Å². The zero-order valence-corrected chi connectivity index (χ0v) is 29.5. The molecule has 11 rings (SSSR count). The van der Waals surface area contributed by atoms with E-state index in [2.05, 4.69) is 152 Å². The fraction of sp³-hybridized carbons (Fsp3) is 0. The molecule has 0 saturated carbocycles. The van der Waals surface area contributed by atoms with Crippen LogP contribution < -0.4 is 0 Å². The Morgan fingerprint density at radius 2 is 0.855 bits per heavy atom. The van der Waals surface area contributed by atoms with E-state index in [0.29, 0.717) is 11.3 Å². The van der Waals surface area contributed by atoms with Crippen LogP contribution in [0.3, 0.4) is 0 Å². The molecule has 0 bridgehead atoms. The molecule has 0 unspecified atom stereocenters. The van der Waals surface area contributed by atoms with Crippen molar-refractivity contribution in [2.24, 2.45) is 0 Å². The molecule has 0 aliphatic carbocycles. The molecule has 0 amide bonds. The normalized spacial score (nSPS) is 11.6. The number of rotatable bonds is 4. The number of benzene rings is 8. The number of hydrogen-bond donors (Lipinski definition) is 0. The van der Waals surface area contributed by atoms with Crippen molar-refractivity contribution in [1.82, 2.24) is 13.7 Å². The van der Waals surface area contributed by atoms with Crippen LogP contribution in [0.1, 0.15) is 5.56 Å². The van der Waals surface area contributed by atoms with Gasteiger partial charge in [0.2, 0.25) is 0 Å². The molecule has 5 heteroatoms. The predicted octanol–water partition coefficient (Wildman–Crippen LogP) is 13.1. The molecule has 0 radical (unpaired) electrons. The Bertz CT molecular complexity index is 3420. The Balaban J connectivity index is 1.18. The minimum atomic E-state index is 0.559. The van der Waals surface area contributed by atoms with Crippen molar-refractivity contribution in [2.75, 3.05) is 0 Å². The summed E-state index contributed by atoms with van der Waals surface area (Å²) in [5, 5.41) is 18.0. The predicted molar refractivity (Wildman–Crippen MR) is 226 cm³/mol. The van der Waals surface area contributed by atoms with E-state index in [9.17, 15) is 5.26 Å². The van der Waals surface area contributed by atoms with Crippen molar-refractivity contribution in [2.45, 2.75) is 0 Å². The van der Waals surface area contributed by atoms with Crippen LogP contribution in [0, 0.1) is 17.9 Å². The lowest BCUT2D eigenvalue weighted by molar-refractivity contribution is 1.15. The number of para-hydroxylation sites is 5. The number of aromatic nitrogens is 3. The molecule has 0 aliphatic rings. The third-order valence-electron chi connectivity index (χ3n) is 11.1. The zero-order chi connectivity index (χ0) is 36.6. The standard InChI is InChI=1S/C50H29N5/c1-52-32-25-27-40-38-16-5-11-23-47(38)55(49(40)29-32)48-24-12-18-34(42(48)31-51)35-13-2-9-21-45(35)54-46-22-10-6-17-39(46)41-28-26-33(30-50(41)54)53-43-19-7-3-14-36(43)37-15-4-8-20-44(37)53/h2-30H. The third-order valence-corrected chi connectivity index (χ3v) is 11.1. The van der Waals surface area contributed by atoms with Crippen LogP contribution in [0.4, 0.5) is 5.69 Å². The molecule has 0 fully saturated rings. The largest absolute Gasteiger partial charge is 0.309 e. The zero-order valence-electron chi connectivity index (χ0n) is 29.5. The maximum atomic E-state index is 11.1. The number of nitriles is 1. The first-order valence-corrected chi connectivity index (χ1v) is 18.3.